The van der Waals surface area contributed by atoms with Gasteiger partial charge in [-0.2, -0.15) is 5.10 Å². The summed E-state index contributed by atoms with van der Waals surface area (Å²) in [4.78, 5) is 21.0. The van der Waals surface area contributed by atoms with Gasteiger partial charge >= 0.3 is 0 Å². The maximum absolute atomic E-state index is 12.4. The number of ether oxygens (including phenoxy) is 1. The third kappa shape index (κ3) is 4.71. The molecule has 0 aliphatic carbocycles. The maximum Gasteiger partial charge on any atom is 0.273 e. The normalized spacial score (nSPS) is 10.5. The van der Waals surface area contributed by atoms with Crippen molar-refractivity contribution in [3.63, 3.8) is 0 Å². The Labute approximate surface area is 190 Å². The van der Waals surface area contributed by atoms with E-state index in [1.54, 1.807) is 43.5 Å². The van der Waals surface area contributed by atoms with Crippen LogP contribution in [0.2, 0.25) is 0 Å². The first kappa shape index (κ1) is 21.7. The summed E-state index contributed by atoms with van der Waals surface area (Å²) in [5, 5.41) is 21.4. The number of nitrogens with one attached hydrogen (secondary N) is 3. The Kier molecular flexibility index (Phi) is 6.11. The number of methoxy groups -OCH3 is 1. The quantitative estimate of drug-likeness (QED) is 0.393. The van der Waals surface area contributed by atoms with Gasteiger partial charge in [-0.15, -0.1) is 10.2 Å². The molecule has 0 fully saturated rings. The molecule has 0 atom stereocenters. The van der Waals surface area contributed by atoms with Crippen LogP contribution in [0, 0.1) is 6.92 Å². The molecule has 0 aliphatic heterocycles. The molecule has 0 unspecified atom stereocenters. The van der Waals surface area contributed by atoms with Gasteiger partial charge in [0, 0.05) is 26.4 Å². The van der Waals surface area contributed by atoms with Crippen LogP contribution >= 0.6 is 0 Å². The van der Waals surface area contributed by atoms with Gasteiger partial charge in [-0.05, 0) is 30.7 Å². The predicted octanol–water partition coefficient (Wildman–Crippen LogP) is 2.70. The molecule has 33 heavy (non-hydrogen) atoms. The molecule has 1 radical (unpaired) electrons. The smallest absolute Gasteiger partial charge is 0.273 e. The van der Waals surface area contributed by atoms with Crippen LogP contribution in [0.15, 0.2) is 48.9 Å². The first-order chi connectivity index (χ1) is 16.0. The lowest BCUT2D eigenvalue weighted by molar-refractivity contribution is 0.0958. The zero-order valence-electron chi connectivity index (χ0n) is 18.3. The highest BCUT2D eigenvalue weighted by atomic mass is 16.5. The lowest BCUT2D eigenvalue weighted by Crippen LogP contribution is -2.21. The van der Waals surface area contributed by atoms with Gasteiger partial charge in [0.05, 0.1) is 24.0 Å². The van der Waals surface area contributed by atoms with E-state index < -0.39 is 5.91 Å². The number of rotatable bonds is 7. The number of anilines is 4. The van der Waals surface area contributed by atoms with Crippen molar-refractivity contribution in [3.8, 4) is 17.1 Å². The van der Waals surface area contributed by atoms with E-state index in [2.05, 4.69) is 48.1 Å². The van der Waals surface area contributed by atoms with Crippen LogP contribution in [0.5, 0.6) is 5.75 Å². The molecular weight excluding hydrogens is 422 g/mol. The number of aromatic nitrogens is 6. The number of aryl methyl sites for hydroxylation is 1. The number of carbonyl (C=O) groups excluding carboxylic acids is 1. The molecule has 0 bridgehead atoms. The summed E-state index contributed by atoms with van der Waals surface area (Å²) >= 11 is 0. The molecule has 0 spiro atoms. The van der Waals surface area contributed by atoms with E-state index in [0.717, 1.165) is 5.56 Å². The van der Waals surface area contributed by atoms with Gasteiger partial charge in [0.25, 0.3) is 5.91 Å². The monoisotopic (exact) mass is 444 g/mol. The SMILES string of the molecule is [CH2]c1ccc(Nc2cc(Nc3cccc(-c4ncn(C)n4)c3OC)c(C(=O)NC)nn2)nc1. The number of pyridine rings is 1. The van der Waals surface area contributed by atoms with Crippen molar-refractivity contribution in [2.24, 2.45) is 7.05 Å². The maximum atomic E-state index is 12.4. The summed E-state index contributed by atoms with van der Waals surface area (Å²) < 4.78 is 7.27. The molecule has 3 N–H and O–H groups in total. The Hall–Kier alpha value is -4.54. The molecule has 0 saturated carbocycles. The predicted molar refractivity (Wildman–Crippen MR) is 124 cm³/mol. The Morgan fingerprint density at radius 3 is 2.58 bits per heavy atom. The summed E-state index contributed by atoms with van der Waals surface area (Å²) in [6.45, 7) is 3.82. The van der Waals surface area contributed by atoms with Crippen LogP contribution in [0.25, 0.3) is 11.4 Å². The Morgan fingerprint density at radius 1 is 1.06 bits per heavy atom. The first-order valence-corrected chi connectivity index (χ1v) is 9.93. The van der Waals surface area contributed by atoms with Crippen LogP contribution in [0.3, 0.4) is 0 Å². The highest BCUT2D eigenvalue weighted by Crippen LogP contribution is 2.37. The van der Waals surface area contributed by atoms with Gasteiger partial charge in [0.2, 0.25) is 0 Å². The van der Waals surface area contributed by atoms with Crippen LogP contribution < -0.4 is 20.7 Å². The standard InChI is InChI=1S/C22H22N9O2/c1-13-8-9-17(24-11-13)27-18-10-16(19(29-28-18)22(32)23-2)26-15-7-5-6-14(20(15)33-4)21-25-12-31(3)30-21/h5-12H,1H2,2-4H3,(H,23,32)(H2,24,26,27,28). The summed E-state index contributed by atoms with van der Waals surface area (Å²) in [7, 11) is 4.87. The van der Waals surface area contributed by atoms with Crippen LogP contribution in [0.1, 0.15) is 16.1 Å². The second kappa shape index (κ2) is 9.30. The van der Waals surface area contributed by atoms with Crippen molar-refractivity contribution in [3.05, 3.63) is 67.1 Å². The van der Waals surface area contributed by atoms with E-state index in [9.17, 15) is 4.79 Å². The minimum atomic E-state index is -0.391. The fourth-order valence-electron chi connectivity index (χ4n) is 3.10. The van der Waals surface area contributed by atoms with E-state index in [0.29, 0.717) is 40.1 Å². The largest absolute Gasteiger partial charge is 0.494 e. The van der Waals surface area contributed by atoms with E-state index in [4.69, 9.17) is 4.74 Å². The van der Waals surface area contributed by atoms with Crippen LogP contribution in [-0.4, -0.2) is 50.0 Å². The second-order valence-electron chi connectivity index (χ2n) is 7.00. The van der Waals surface area contributed by atoms with Crippen molar-refractivity contribution in [2.75, 3.05) is 24.8 Å². The van der Waals surface area contributed by atoms with E-state index >= 15 is 0 Å². The van der Waals surface area contributed by atoms with E-state index in [1.165, 1.54) is 7.05 Å². The Balaban J connectivity index is 1.73. The molecule has 11 nitrogen and oxygen atoms in total. The molecule has 4 rings (SSSR count). The lowest BCUT2D eigenvalue weighted by Gasteiger charge is -2.16. The minimum absolute atomic E-state index is 0.118. The highest BCUT2D eigenvalue weighted by molar-refractivity contribution is 5.99. The zero-order valence-corrected chi connectivity index (χ0v) is 18.3. The fraction of sp³-hybridized carbons (Fsp3) is 0.136. The number of hydrogen-bond donors (Lipinski definition) is 3. The van der Waals surface area contributed by atoms with Gasteiger partial charge < -0.3 is 20.7 Å². The molecule has 1 aromatic carbocycles. The number of para-hydroxylation sites is 1. The van der Waals surface area contributed by atoms with Crippen molar-refractivity contribution < 1.29 is 9.53 Å². The second-order valence-corrected chi connectivity index (χ2v) is 7.00. The molecule has 4 aromatic rings. The van der Waals surface area contributed by atoms with Gasteiger partial charge in [0.1, 0.15) is 12.1 Å². The van der Waals surface area contributed by atoms with E-state index in [1.807, 2.05) is 24.3 Å². The summed E-state index contributed by atoms with van der Waals surface area (Å²) in [5.41, 5.74) is 2.63. The van der Waals surface area contributed by atoms with Crippen LogP contribution in [-0.2, 0) is 7.05 Å². The summed E-state index contributed by atoms with van der Waals surface area (Å²) in [5.74, 6) is 1.61. The average molecular weight is 444 g/mol. The first-order valence-electron chi connectivity index (χ1n) is 9.93. The number of carbonyl (C=O) groups is 1. The average Bonchev–Trinajstić information content (AvgIpc) is 3.26. The molecule has 11 heteroatoms. The lowest BCUT2D eigenvalue weighted by atomic mass is 10.1. The van der Waals surface area contributed by atoms with Crippen molar-refractivity contribution in [2.45, 2.75) is 0 Å². The number of nitrogens with zero attached hydrogens (tertiary/aromatic N) is 6. The van der Waals surface area contributed by atoms with E-state index in [-0.39, 0.29) is 5.69 Å². The highest BCUT2D eigenvalue weighted by Gasteiger charge is 2.19. The molecular formula is C22H22N9O2. The number of amides is 1. The molecule has 3 heterocycles. The van der Waals surface area contributed by atoms with Gasteiger partial charge in [-0.1, -0.05) is 12.1 Å². The molecule has 3 aromatic heterocycles. The summed E-state index contributed by atoms with van der Waals surface area (Å²) in [6.07, 6.45) is 3.24. The zero-order chi connectivity index (χ0) is 23.4. The molecule has 0 saturated heterocycles. The topological polar surface area (TPSA) is 132 Å². The van der Waals surface area contributed by atoms with Crippen molar-refractivity contribution >= 4 is 28.9 Å². The molecule has 1 amide bonds. The Bertz CT molecular complexity index is 1290. The van der Waals surface area contributed by atoms with Crippen molar-refractivity contribution in [1.82, 2.24) is 35.3 Å². The third-order valence-corrected chi connectivity index (χ3v) is 4.65. The van der Waals surface area contributed by atoms with Gasteiger partial charge in [0.15, 0.2) is 23.1 Å². The minimum Gasteiger partial charge on any atom is -0.494 e. The fourth-order valence-corrected chi connectivity index (χ4v) is 3.10. The third-order valence-electron chi connectivity index (χ3n) is 4.65. The Morgan fingerprint density at radius 2 is 1.91 bits per heavy atom. The van der Waals surface area contributed by atoms with Crippen molar-refractivity contribution in [1.29, 1.82) is 0 Å². The van der Waals surface area contributed by atoms with Gasteiger partial charge in [-0.25, -0.2) is 9.97 Å². The number of benzene rings is 1. The molecule has 167 valence electrons. The van der Waals surface area contributed by atoms with Crippen LogP contribution in [0.4, 0.5) is 23.0 Å². The molecule has 0 aliphatic rings. The number of hydrogen-bond acceptors (Lipinski definition) is 9. The van der Waals surface area contributed by atoms with Gasteiger partial charge in [-0.3, -0.25) is 9.48 Å². The summed E-state index contributed by atoms with van der Waals surface area (Å²) in [6, 6.07) is 10.8.